The molecule has 22 heavy (non-hydrogen) atoms. The first-order chi connectivity index (χ1) is 10.4. The predicted octanol–water partition coefficient (Wildman–Crippen LogP) is 2.99. The lowest BCUT2D eigenvalue weighted by Gasteiger charge is -2.15. The molecule has 2 aromatic rings. The Morgan fingerprint density at radius 3 is 2.68 bits per heavy atom. The van der Waals surface area contributed by atoms with E-state index < -0.39 is 11.7 Å². The van der Waals surface area contributed by atoms with Gasteiger partial charge in [-0.1, -0.05) is 5.16 Å². The highest BCUT2D eigenvalue weighted by atomic mass is 19.4. The molecule has 0 radical (unpaired) electrons. The SMILES string of the molecule is Cc1cc(CNc2ccc(OCCO)cc2C(F)(F)F)no1. The molecule has 0 amide bonds. The summed E-state index contributed by atoms with van der Waals surface area (Å²) in [5.41, 5.74) is -0.418. The third-order valence-corrected chi connectivity index (χ3v) is 2.79. The van der Waals surface area contributed by atoms with Crippen LogP contribution in [0.2, 0.25) is 0 Å². The van der Waals surface area contributed by atoms with E-state index in [1.165, 1.54) is 12.1 Å². The van der Waals surface area contributed by atoms with E-state index in [4.69, 9.17) is 14.4 Å². The van der Waals surface area contributed by atoms with Gasteiger partial charge in [0.2, 0.25) is 0 Å². The van der Waals surface area contributed by atoms with Gasteiger partial charge in [-0.05, 0) is 25.1 Å². The van der Waals surface area contributed by atoms with Gasteiger partial charge in [0.25, 0.3) is 0 Å². The average molecular weight is 316 g/mol. The van der Waals surface area contributed by atoms with Crippen LogP contribution >= 0.6 is 0 Å². The van der Waals surface area contributed by atoms with Crippen LogP contribution in [0.4, 0.5) is 18.9 Å². The molecule has 1 aromatic heterocycles. The number of aromatic nitrogens is 1. The van der Waals surface area contributed by atoms with Gasteiger partial charge in [0, 0.05) is 11.8 Å². The van der Waals surface area contributed by atoms with Crippen molar-refractivity contribution in [3.8, 4) is 5.75 Å². The van der Waals surface area contributed by atoms with E-state index in [0.29, 0.717) is 11.5 Å². The van der Waals surface area contributed by atoms with Crippen LogP contribution in [0.1, 0.15) is 17.0 Å². The number of aryl methyl sites for hydroxylation is 1. The third kappa shape index (κ3) is 4.14. The van der Waals surface area contributed by atoms with Crippen LogP contribution in [0, 0.1) is 6.92 Å². The first-order valence-corrected chi connectivity index (χ1v) is 6.51. The lowest BCUT2D eigenvalue weighted by Crippen LogP contribution is -2.12. The molecule has 2 rings (SSSR count). The van der Waals surface area contributed by atoms with Crippen molar-refractivity contribution in [2.24, 2.45) is 0 Å². The summed E-state index contributed by atoms with van der Waals surface area (Å²) < 4.78 is 49.2. The molecule has 0 aliphatic rings. The number of benzene rings is 1. The molecule has 0 spiro atoms. The van der Waals surface area contributed by atoms with Crippen molar-refractivity contribution >= 4 is 5.69 Å². The maximum absolute atomic E-state index is 13.1. The quantitative estimate of drug-likeness (QED) is 0.857. The van der Waals surface area contributed by atoms with Gasteiger partial charge in [0.15, 0.2) is 0 Å². The second kappa shape index (κ2) is 6.69. The van der Waals surface area contributed by atoms with Gasteiger partial charge in [-0.3, -0.25) is 0 Å². The summed E-state index contributed by atoms with van der Waals surface area (Å²) in [5.74, 6) is 0.629. The van der Waals surface area contributed by atoms with Gasteiger partial charge in [-0.2, -0.15) is 13.2 Å². The Morgan fingerprint density at radius 2 is 2.09 bits per heavy atom. The fourth-order valence-corrected chi connectivity index (χ4v) is 1.85. The van der Waals surface area contributed by atoms with Crippen molar-refractivity contribution in [3.05, 3.63) is 41.3 Å². The molecule has 120 valence electrons. The minimum atomic E-state index is -4.53. The van der Waals surface area contributed by atoms with Crippen LogP contribution in [0.5, 0.6) is 5.75 Å². The number of halogens is 3. The van der Waals surface area contributed by atoms with Crippen molar-refractivity contribution in [1.82, 2.24) is 5.16 Å². The smallest absolute Gasteiger partial charge is 0.418 e. The zero-order chi connectivity index (χ0) is 16.2. The normalized spacial score (nSPS) is 11.5. The summed E-state index contributed by atoms with van der Waals surface area (Å²) in [6.07, 6.45) is -4.53. The molecule has 0 saturated carbocycles. The van der Waals surface area contributed by atoms with Gasteiger partial charge in [0.1, 0.15) is 23.8 Å². The summed E-state index contributed by atoms with van der Waals surface area (Å²) in [5, 5.41) is 15.0. The largest absolute Gasteiger partial charge is 0.491 e. The number of alkyl halides is 3. The molecule has 2 N–H and O–H groups in total. The first-order valence-electron chi connectivity index (χ1n) is 6.51. The maximum Gasteiger partial charge on any atom is 0.418 e. The second-order valence-corrected chi connectivity index (χ2v) is 4.56. The van der Waals surface area contributed by atoms with Crippen LogP contribution in [0.3, 0.4) is 0 Å². The molecule has 1 heterocycles. The predicted molar refractivity (Wildman–Crippen MR) is 72.6 cm³/mol. The van der Waals surface area contributed by atoms with E-state index in [1.54, 1.807) is 13.0 Å². The van der Waals surface area contributed by atoms with E-state index >= 15 is 0 Å². The number of nitrogens with zero attached hydrogens (tertiary/aromatic N) is 1. The fourth-order valence-electron chi connectivity index (χ4n) is 1.85. The molecule has 0 saturated heterocycles. The van der Waals surface area contributed by atoms with E-state index in [0.717, 1.165) is 6.07 Å². The Hall–Kier alpha value is -2.22. The molecule has 0 aliphatic heterocycles. The molecule has 8 heteroatoms. The number of nitrogens with one attached hydrogen (secondary N) is 1. The summed E-state index contributed by atoms with van der Waals surface area (Å²) in [6, 6.07) is 5.22. The van der Waals surface area contributed by atoms with Crippen LogP contribution in [0.15, 0.2) is 28.8 Å². The molecule has 0 bridgehead atoms. The van der Waals surface area contributed by atoms with E-state index in [2.05, 4.69) is 10.5 Å². The average Bonchev–Trinajstić information content (AvgIpc) is 2.88. The van der Waals surface area contributed by atoms with Crippen molar-refractivity contribution < 1.29 is 27.5 Å². The number of aliphatic hydroxyl groups is 1. The summed E-state index contributed by atoms with van der Waals surface area (Å²) in [7, 11) is 0. The fraction of sp³-hybridized carbons (Fsp3) is 0.357. The van der Waals surface area contributed by atoms with Gasteiger partial charge in [-0.15, -0.1) is 0 Å². The first kappa shape index (κ1) is 16.2. The zero-order valence-electron chi connectivity index (χ0n) is 11.8. The standard InChI is InChI=1S/C14H15F3N2O3/c1-9-6-10(19-22-9)8-18-13-3-2-11(21-5-4-20)7-12(13)14(15,16)17/h2-3,6-7,18,20H,4-5,8H2,1H3. The Labute approximate surface area is 124 Å². The summed E-state index contributed by atoms with van der Waals surface area (Å²) >= 11 is 0. The molecular formula is C14H15F3N2O3. The number of ether oxygens (including phenoxy) is 1. The summed E-state index contributed by atoms with van der Waals surface area (Å²) in [4.78, 5) is 0. The monoisotopic (exact) mass is 316 g/mol. The van der Waals surface area contributed by atoms with Crippen LogP contribution in [0.25, 0.3) is 0 Å². The molecule has 0 unspecified atom stereocenters. The molecule has 0 atom stereocenters. The number of aliphatic hydroxyl groups excluding tert-OH is 1. The van der Waals surface area contributed by atoms with Crippen LogP contribution < -0.4 is 10.1 Å². The van der Waals surface area contributed by atoms with Gasteiger partial charge in [0.05, 0.1) is 18.7 Å². The van der Waals surface area contributed by atoms with E-state index in [-0.39, 0.29) is 31.2 Å². The van der Waals surface area contributed by atoms with Crippen molar-refractivity contribution in [2.45, 2.75) is 19.6 Å². The molecule has 0 fully saturated rings. The Kier molecular flexibility index (Phi) is 4.92. The highest BCUT2D eigenvalue weighted by Crippen LogP contribution is 2.37. The van der Waals surface area contributed by atoms with Crippen molar-refractivity contribution in [1.29, 1.82) is 0 Å². The van der Waals surface area contributed by atoms with Crippen molar-refractivity contribution in [2.75, 3.05) is 18.5 Å². The van der Waals surface area contributed by atoms with E-state index in [9.17, 15) is 13.2 Å². The van der Waals surface area contributed by atoms with Gasteiger partial charge < -0.3 is 19.7 Å². The number of hydrogen-bond acceptors (Lipinski definition) is 5. The zero-order valence-corrected chi connectivity index (χ0v) is 11.8. The molecule has 1 aromatic carbocycles. The third-order valence-electron chi connectivity index (χ3n) is 2.79. The molecule has 5 nitrogen and oxygen atoms in total. The Bertz CT molecular complexity index is 626. The van der Waals surface area contributed by atoms with Crippen LogP contribution in [-0.4, -0.2) is 23.5 Å². The lowest BCUT2D eigenvalue weighted by atomic mass is 10.1. The van der Waals surface area contributed by atoms with Gasteiger partial charge >= 0.3 is 6.18 Å². The lowest BCUT2D eigenvalue weighted by molar-refractivity contribution is -0.137. The molecule has 0 aliphatic carbocycles. The second-order valence-electron chi connectivity index (χ2n) is 4.56. The van der Waals surface area contributed by atoms with Gasteiger partial charge in [-0.25, -0.2) is 0 Å². The van der Waals surface area contributed by atoms with Crippen molar-refractivity contribution in [3.63, 3.8) is 0 Å². The summed E-state index contributed by atoms with van der Waals surface area (Å²) in [6.45, 7) is 1.47. The minimum absolute atomic E-state index is 0.0456. The highest BCUT2D eigenvalue weighted by Gasteiger charge is 2.34. The minimum Gasteiger partial charge on any atom is -0.491 e. The highest BCUT2D eigenvalue weighted by molar-refractivity contribution is 5.55. The Balaban J connectivity index is 2.18. The number of hydrogen-bond donors (Lipinski definition) is 2. The van der Waals surface area contributed by atoms with E-state index in [1.807, 2.05) is 0 Å². The number of anilines is 1. The van der Waals surface area contributed by atoms with Crippen LogP contribution in [-0.2, 0) is 12.7 Å². The Morgan fingerprint density at radius 1 is 1.32 bits per heavy atom. The topological polar surface area (TPSA) is 67.5 Å². The maximum atomic E-state index is 13.1. The number of rotatable bonds is 6. The molecular weight excluding hydrogens is 301 g/mol.